The highest BCUT2D eigenvalue weighted by Gasteiger charge is 2.25. The van der Waals surface area contributed by atoms with Crippen molar-refractivity contribution in [1.29, 1.82) is 0 Å². The summed E-state index contributed by atoms with van der Waals surface area (Å²) in [6.45, 7) is 7.73. The van der Waals surface area contributed by atoms with Crippen LogP contribution in [0.1, 0.15) is 20.3 Å². The molecule has 2 heteroatoms. The number of hydrogen-bond acceptors (Lipinski definition) is 1. The van der Waals surface area contributed by atoms with E-state index in [1.165, 1.54) is 6.08 Å². The van der Waals surface area contributed by atoms with E-state index < -0.39 is 0 Å². The molecule has 1 aliphatic heterocycles. The molecule has 0 saturated heterocycles. The number of carbonyl (C=O) groups is 1. The third kappa shape index (κ3) is 1.58. The average Bonchev–Trinajstić information content (AvgIpc) is 2.50. The van der Waals surface area contributed by atoms with Crippen molar-refractivity contribution in [3.05, 3.63) is 24.9 Å². The maximum atomic E-state index is 11.3. The molecule has 0 aliphatic carbocycles. The van der Waals surface area contributed by atoms with Crippen molar-refractivity contribution in [2.24, 2.45) is 5.92 Å². The molecule has 0 saturated carbocycles. The second kappa shape index (κ2) is 3.57. The van der Waals surface area contributed by atoms with E-state index >= 15 is 0 Å². The Labute approximate surface area is 73.6 Å². The van der Waals surface area contributed by atoms with Gasteiger partial charge in [-0.3, -0.25) is 4.79 Å². The molecule has 0 aromatic carbocycles. The van der Waals surface area contributed by atoms with Crippen molar-refractivity contribution in [3.63, 3.8) is 0 Å². The van der Waals surface area contributed by atoms with Gasteiger partial charge in [0, 0.05) is 12.2 Å². The highest BCUT2D eigenvalue weighted by atomic mass is 16.2. The highest BCUT2D eigenvalue weighted by molar-refractivity contribution is 5.88. The van der Waals surface area contributed by atoms with Gasteiger partial charge < -0.3 is 4.90 Å². The predicted molar refractivity (Wildman–Crippen MR) is 49.4 cm³/mol. The fraction of sp³-hybridized carbons (Fsp3) is 0.500. The van der Waals surface area contributed by atoms with E-state index in [1.54, 1.807) is 4.90 Å². The van der Waals surface area contributed by atoms with Crippen LogP contribution >= 0.6 is 0 Å². The molecular weight excluding hydrogens is 150 g/mol. The van der Waals surface area contributed by atoms with Gasteiger partial charge in [-0.1, -0.05) is 26.5 Å². The van der Waals surface area contributed by atoms with Crippen LogP contribution in [0.4, 0.5) is 0 Å². The van der Waals surface area contributed by atoms with Crippen molar-refractivity contribution < 1.29 is 4.79 Å². The lowest BCUT2D eigenvalue weighted by Crippen LogP contribution is -2.35. The van der Waals surface area contributed by atoms with E-state index in [2.05, 4.69) is 20.4 Å². The summed E-state index contributed by atoms with van der Waals surface area (Å²) >= 11 is 0. The lowest BCUT2D eigenvalue weighted by atomic mass is 10.0. The van der Waals surface area contributed by atoms with E-state index in [1.807, 2.05) is 12.3 Å². The molecule has 0 aromatic rings. The zero-order chi connectivity index (χ0) is 9.14. The Kier molecular flexibility index (Phi) is 2.69. The summed E-state index contributed by atoms with van der Waals surface area (Å²) in [7, 11) is 0. The van der Waals surface area contributed by atoms with Crippen molar-refractivity contribution in [3.8, 4) is 0 Å². The number of rotatable bonds is 2. The van der Waals surface area contributed by atoms with Gasteiger partial charge in [0.05, 0.1) is 0 Å². The first kappa shape index (κ1) is 9.04. The van der Waals surface area contributed by atoms with E-state index in [0.717, 1.165) is 6.42 Å². The number of carbonyl (C=O) groups excluding carboxylic acids is 1. The molecule has 66 valence electrons. The van der Waals surface area contributed by atoms with Crippen LogP contribution < -0.4 is 0 Å². The minimum absolute atomic E-state index is 0.00227. The summed E-state index contributed by atoms with van der Waals surface area (Å²) in [6.07, 6.45) is 6.23. The number of hydrogen-bond donors (Lipinski definition) is 0. The van der Waals surface area contributed by atoms with Crippen LogP contribution in [0.3, 0.4) is 0 Å². The van der Waals surface area contributed by atoms with Gasteiger partial charge in [0.1, 0.15) is 0 Å². The van der Waals surface area contributed by atoms with Crippen molar-refractivity contribution >= 4 is 5.91 Å². The van der Waals surface area contributed by atoms with E-state index in [4.69, 9.17) is 0 Å². The monoisotopic (exact) mass is 165 g/mol. The van der Waals surface area contributed by atoms with Crippen LogP contribution in [0.5, 0.6) is 0 Å². The summed E-state index contributed by atoms with van der Waals surface area (Å²) < 4.78 is 0. The molecule has 12 heavy (non-hydrogen) atoms. The number of amides is 1. The molecule has 0 radical (unpaired) electrons. The van der Waals surface area contributed by atoms with Crippen LogP contribution in [0.2, 0.25) is 0 Å². The standard InChI is InChI=1S/C10H15NO/c1-4-10(12)11-7-5-6-9(11)8(2)3/h4-5,7-9H,1,6H2,2-3H3. The molecule has 1 aliphatic rings. The maximum Gasteiger partial charge on any atom is 0.250 e. The van der Waals surface area contributed by atoms with E-state index in [0.29, 0.717) is 12.0 Å². The van der Waals surface area contributed by atoms with Crippen LogP contribution in [-0.4, -0.2) is 16.8 Å². The number of nitrogens with zero attached hydrogens (tertiary/aromatic N) is 1. The quantitative estimate of drug-likeness (QED) is 0.573. The largest absolute Gasteiger partial charge is 0.312 e. The van der Waals surface area contributed by atoms with Crippen molar-refractivity contribution in [2.45, 2.75) is 26.3 Å². The third-order valence-corrected chi connectivity index (χ3v) is 2.20. The van der Waals surface area contributed by atoms with Crippen LogP contribution in [0.15, 0.2) is 24.9 Å². The zero-order valence-corrected chi connectivity index (χ0v) is 7.66. The van der Waals surface area contributed by atoms with Gasteiger partial charge >= 0.3 is 0 Å². The normalized spacial score (nSPS) is 21.9. The second-order valence-corrected chi connectivity index (χ2v) is 3.38. The molecule has 0 spiro atoms. The van der Waals surface area contributed by atoms with Crippen LogP contribution in [-0.2, 0) is 4.79 Å². The minimum Gasteiger partial charge on any atom is -0.312 e. The molecule has 2 nitrogen and oxygen atoms in total. The molecule has 1 heterocycles. The molecule has 0 bridgehead atoms. The van der Waals surface area contributed by atoms with Gasteiger partial charge in [-0.2, -0.15) is 0 Å². The van der Waals surface area contributed by atoms with Crippen molar-refractivity contribution in [1.82, 2.24) is 4.90 Å². The Hall–Kier alpha value is -1.05. The zero-order valence-electron chi connectivity index (χ0n) is 7.66. The van der Waals surface area contributed by atoms with Gasteiger partial charge in [-0.05, 0) is 18.4 Å². The molecule has 0 aromatic heterocycles. The minimum atomic E-state index is 0.00227. The molecule has 1 unspecified atom stereocenters. The lowest BCUT2D eigenvalue weighted by molar-refractivity contribution is -0.125. The lowest BCUT2D eigenvalue weighted by Gasteiger charge is -2.25. The van der Waals surface area contributed by atoms with Gasteiger partial charge in [-0.25, -0.2) is 0 Å². The molecule has 1 amide bonds. The van der Waals surface area contributed by atoms with Gasteiger partial charge in [0.15, 0.2) is 0 Å². The summed E-state index contributed by atoms with van der Waals surface area (Å²) in [6, 6.07) is 0.329. The fourth-order valence-electron chi connectivity index (χ4n) is 1.47. The Morgan fingerprint density at radius 1 is 1.75 bits per heavy atom. The van der Waals surface area contributed by atoms with Gasteiger partial charge in [0.25, 0.3) is 0 Å². The van der Waals surface area contributed by atoms with E-state index in [9.17, 15) is 4.79 Å². The first-order chi connectivity index (χ1) is 5.66. The second-order valence-electron chi connectivity index (χ2n) is 3.38. The average molecular weight is 165 g/mol. The first-order valence-electron chi connectivity index (χ1n) is 4.28. The third-order valence-electron chi connectivity index (χ3n) is 2.20. The Bertz CT molecular complexity index is 218. The summed E-state index contributed by atoms with van der Waals surface area (Å²) in [4.78, 5) is 13.0. The van der Waals surface area contributed by atoms with Gasteiger partial charge in [-0.15, -0.1) is 0 Å². The molecule has 1 rings (SSSR count). The Morgan fingerprint density at radius 2 is 2.42 bits per heavy atom. The highest BCUT2D eigenvalue weighted by Crippen LogP contribution is 2.21. The fourth-order valence-corrected chi connectivity index (χ4v) is 1.47. The molecular formula is C10H15NO. The predicted octanol–water partition coefficient (Wildman–Crippen LogP) is 1.94. The Morgan fingerprint density at radius 3 is 2.92 bits per heavy atom. The van der Waals surface area contributed by atoms with Crippen LogP contribution in [0.25, 0.3) is 0 Å². The van der Waals surface area contributed by atoms with Gasteiger partial charge in [0.2, 0.25) is 5.91 Å². The topological polar surface area (TPSA) is 20.3 Å². The molecule has 0 N–H and O–H groups in total. The summed E-state index contributed by atoms with van der Waals surface area (Å²) in [5, 5.41) is 0. The SMILES string of the molecule is C=CC(=O)N1C=CCC1C(C)C. The van der Waals surface area contributed by atoms with Crippen molar-refractivity contribution in [2.75, 3.05) is 0 Å². The summed E-state index contributed by atoms with van der Waals surface area (Å²) in [5.74, 6) is 0.506. The van der Waals surface area contributed by atoms with Crippen LogP contribution in [0, 0.1) is 5.92 Å². The smallest absolute Gasteiger partial charge is 0.250 e. The summed E-state index contributed by atoms with van der Waals surface area (Å²) in [5.41, 5.74) is 0. The van der Waals surface area contributed by atoms with E-state index in [-0.39, 0.29) is 5.91 Å². The maximum absolute atomic E-state index is 11.3. The molecule has 0 fully saturated rings. The molecule has 1 atom stereocenters. The first-order valence-corrected chi connectivity index (χ1v) is 4.28. The Balaban J connectivity index is 2.69.